The lowest BCUT2D eigenvalue weighted by atomic mass is 10.1. The van der Waals surface area contributed by atoms with Crippen LogP contribution in [-0.2, 0) is 18.5 Å². The quantitative estimate of drug-likeness (QED) is 0.308. The zero-order valence-corrected chi connectivity index (χ0v) is 17.7. The molecule has 0 unspecified atom stereocenters. The van der Waals surface area contributed by atoms with Gasteiger partial charge >= 0.3 is 6.18 Å². The number of benzene rings is 1. The van der Waals surface area contributed by atoms with E-state index < -0.39 is 11.7 Å². The number of rotatable bonds is 6. The summed E-state index contributed by atoms with van der Waals surface area (Å²) in [5.41, 5.74) is 0.0506. The molecule has 0 atom stereocenters. The molecule has 0 bridgehead atoms. The van der Waals surface area contributed by atoms with Gasteiger partial charge in [0, 0.05) is 21.8 Å². The Labute approximate surface area is 183 Å². The molecule has 0 fully saturated rings. The first-order valence-corrected chi connectivity index (χ1v) is 11.0. The van der Waals surface area contributed by atoms with E-state index in [0.29, 0.717) is 23.2 Å². The predicted octanol–water partition coefficient (Wildman–Crippen LogP) is 6.41. The molecule has 0 aliphatic carbocycles. The van der Waals surface area contributed by atoms with E-state index in [1.807, 2.05) is 34.2 Å². The van der Waals surface area contributed by atoms with Gasteiger partial charge in [0.05, 0.1) is 12.1 Å². The van der Waals surface area contributed by atoms with Gasteiger partial charge in [-0.05, 0) is 41.3 Å². The van der Waals surface area contributed by atoms with Gasteiger partial charge in [-0.2, -0.15) is 13.2 Å². The topological polar surface area (TPSA) is 43.6 Å². The normalized spacial score (nSPS) is 11.7. The van der Waals surface area contributed by atoms with Crippen molar-refractivity contribution in [2.24, 2.45) is 0 Å². The van der Waals surface area contributed by atoms with E-state index in [1.165, 1.54) is 23.9 Å². The SMILES string of the molecule is FC(F)(F)c1cc(Cl)ccc1CSc1nnc(-c2ccccn2)n1Cc1cccs1. The Balaban J connectivity index is 1.66. The van der Waals surface area contributed by atoms with Gasteiger partial charge in [0.25, 0.3) is 0 Å². The molecule has 0 amide bonds. The molecule has 0 N–H and O–H groups in total. The van der Waals surface area contributed by atoms with Gasteiger partial charge in [-0.25, -0.2) is 0 Å². The Hall–Kier alpha value is -2.36. The number of pyridine rings is 1. The average Bonchev–Trinajstić information content (AvgIpc) is 3.37. The minimum Gasteiger partial charge on any atom is -0.295 e. The summed E-state index contributed by atoms with van der Waals surface area (Å²) in [5.74, 6) is 0.648. The number of alkyl halides is 3. The number of halogens is 4. The van der Waals surface area contributed by atoms with E-state index in [-0.39, 0.29) is 16.3 Å². The molecule has 4 aromatic rings. The third kappa shape index (κ3) is 4.69. The van der Waals surface area contributed by atoms with Gasteiger partial charge in [-0.15, -0.1) is 21.5 Å². The highest BCUT2D eigenvalue weighted by Crippen LogP contribution is 2.36. The number of thioether (sulfide) groups is 1. The molecule has 4 rings (SSSR count). The number of hydrogen-bond donors (Lipinski definition) is 0. The second-order valence-electron chi connectivity index (χ2n) is 6.27. The highest BCUT2D eigenvalue weighted by molar-refractivity contribution is 7.98. The lowest BCUT2D eigenvalue weighted by Crippen LogP contribution is -2.09. The summed E-state index contributed by atoms with van der Waals surface area (Å²) < 4.78 is 42.1. The highest BCUT2D eigenvalue weighted by Gasteiger charge is 2.33. The van der Waals surface area contributed by atoms with E-state index in [0.717, 1.165) is 10.9 Å². The fourth-order valence-corrected chi connectivity index (χ4v) is 4.67. The van der Waals surface area contributed by atoms with Gasteiger partial charge < -0.3 is 0 Å². The molecule has 10 heteroatoms. The third-order valence-corrected chi connectivity index (χ3v) is 6.35. The Kier molecular flexibility index (Phi) is 6.12. The molecule has 3 aromatic heterocycles. The van der Waals surface area contributed by atoms with E-state index in [4.69, 9.17) is 11.6 Å². The Morgan fingerprint density at radius 1 is 1.07 bits per heavy atom. The first-order valence-electron chi connectivity index (χ1n) is 8.77. The van der Waals surface area contributed by atoms with Crippen LogP contribution in [0.1, 0.15) is 16.0 Å². The van der Waals surface area contributed by atoms with Gasteiger partial charge in [-0.3, -0.25) is 9.55 Å². The van der Waals surface area contributed by atoms with Gasteiger partial charge in [0.1, 0.15) is 5.69 Å². The second kappa shape index (κ2) is 8.79. The van der Waals surface area contributed by atoms with Crippen LogP contribution in [0, 0.1) is 0 Å². The maximum atomic E-state index is 13.4. The van der Waals surface area contributed by atoms with Crippen LogP contribution in [0.2, 0.25) is 5.02 Å². The molecule has 0 aliphatic rings. The van der Waals surface area contributed by atoms with Crippen LogP contribution >= 0.6 is 34.7 Å². The van der Waals surface area contributed by atoms with Crippen molar-refractivity contribution in [2.45, 2.75) is 23.6 Å². The van der Waals surface area contributed by atoms with Crippen LogP contribution in [0.3, 0.4) is 0 Å². The maximum Gasteiger partial charge on any atom is 0.416 e. The van der Waals surface area contributed by atoms with Crippen molar-refractivity contribution in [3.05, 3.63) is 81.1 Å². The molecule has 0 saturated carbocycles. The van der Waals surface area contributed by atoms with Crippen molar-refractivity contribution in [1.82, 2.24) is 19.7 Å². The fourth-order valence-electron chi connectivity index (χ4n) is 2.86. The predicted molar refractivity (Wildman–Crippen MR) is 113 cm³/mol. The standard InChI is InChI=1S/C20H14ClF3N4S2/c21-14-7-6-13(16(10-14)20(22,23)24)12-30-19-27-26-18(17-5-1-2-8-25-17)28(19)11-15-4-3-9-29-15/h1-10H,11-12H2. The summed E-state index contributed by atoms with van der Waals surface area (Å²) in [4.78, 5) is 5.41. The van der Waals surface area contributed by atoms with Crippen LogP contribution in [0.4, 0.5) is 13.2 Å². The number of aromatic nitrogens is 4. The Morgan fingerprint density at radius 2 is 1.93 bits per heavy atom. The molecule has 0 radical (unpaired) electrons. The molecular formula is C20H14ClF3N4S2. The van der Waals surface area contributed by atoms with Crippen LogP contribution < -0.4 is 0 Å². The van der Waals surface area contributed by atoms with Crippen LogP contribution in [0.15, 0.2) is 65.3 Å². The van der Waals surface area contributed by atoms with Gasteiger partial charge in [0.15, 0.2) is 11.0 Å². The summed E-state index contributed by atoms with van der Waals surface area (Å²) in [6.45, 7) is 0.506. The zero-order valence-electron chi connectivity index (χ0n) is 15.3. The average molecular weight is 467 g/mol. The molecule has 4 nitrogen and oxygen atoms in total. The summed E-state index contributed by atoms with van der Waals surface area (Å²) in [7, 11) is 0. The molecule has 0 aliphatic heterocycles. The second-order valence-corrected chi connectivity index (χ2v) is 8.69. The van der Waals surface area contributed by atoms with Crippen molar-refractivity contribution in [3.8, 4) is 11.5 Å². The van der Waals surface area contributed by atoms with Crippen LogP contribution in [-0.4, -0.2) is 19.7 Å². The van der Waals surface area contributed by atoms with Gasteiger partial charge in [0.2, 0.25) is 0 Å². The largest absolute Gasteiger partial charge is 0.416 e. The van der Waals surface area contributed by atoms with Gasteiger partial charge in [-0.1, -0.05) is 41.6 Å². The Morgan fingerprint density at radius 3 is 2.63 bits per heavy atom. The molecule has 1 aromatic carbocycles. The first-order chi connectivity index (χ1) is 14.4. The van der Waals surface area contributed by atoms with E-state index in [9.17, 15) is 13.2 Å². The Bertz CT molecular complexity index is 1130. The molecule has 154 valence electrons. The van der Waals surface area contributed by atoms with E-state index >= 15 is 0 Å². The van der Waals surface area contributed by atoms with Crippen molar-refractivity contribution in [3.63, 3.8) is 0 Å². The smallest absolute Gasteiger partial charge is 0.295 e. The summed E-state index contributed by atoms with van der Waals surface area (Å²) in [5, 5.41) is 11.0. The molecular weight excluding hydrogens is 453 g/mol. The van der Waals surface area contributed by atoms with E-state index in [2.05, 4.69) is 15.2 Å². The maximum absolute atomic E-state index is 13.4. The summed E-state index contributed by atoms with van der Waals surface area (Å²) in [6, 6.07) is 13.2. The molecule has 0 spiro atoms. The lowest BCUT2D eigenvalue weighted by molar-refractivity contribution is -0.138. The number of thiophene rings is 1. The molecule has 30 heavy (non-hydrogen) atoms. The molecule has 0 saturated heterocycles. The zero-order chi connectivity index (χ0) is 21.1. The first kappa shape index (κ1) is 20.9. The summed E-state index contributed by atoms with van der Waals surface area (Å²) >= 11 is 8.56. The number of nitrogens with zero attached hydrogens (tertiary/aromatic N) is 4. The minimum atomic E-state index is -4.48. The van der Waals surface area contributed by atoms with Crippen molar-refractivity contribution in [2.75, 3.05) is 0 Å². The number of hydrogen-bond acceptors (Lipinski definition) is 5. The highest BCUT2D eigenvalue weighted by atomic mass is 35.5. The fraction of sp³-hybridized carbons (Fsp3) is 0.150. The summed E-state index contributed by atoms with van der Waals surface area (Å²) in [6.07, 6.45) is -2.82. The van der Waals surface area contributed by atoms with E-state index in [1.54, 1.807) is 23.6 Å². The minimum absolute atomic E-state index is 0.0503. The molecule has 3 heterocycles. The monoisotopic (exact) mass is 466 g/mol. The lowest BCUT2D eigenvalue weighted by Gasteiger charge is -2.13. The van der Waals surface area contributed by atoms with Crippen molar-refractivity contribution in [1.29, 1.82) is 0 Å². The van der Waals surface area contributed by atoms with Crippen molar-refractivity contribution < 1.29 is 13.2 Å². The van der Waals surface area contributed by atoms with Crippen molar-refractivity contribution >= 4 is 34.7 Å². The third-order valence-electron chi connectivity index (χ3n) is 4.24. The van der Waals surface area contributed by atoms with Crippen LogP contribution in [0.5, 0.6) is 0 Å². The van der Waals surface area contributed by atoms with Crippen LogP contribution in [0.25, 0.3) is 11.5 Å².